The van der Waals surface area contributed by atoms with Gasteiger partial charge in [-0.3, -0.25) is 4.79 Å². The number of carbonyl (C=O) groups excluding carboxylic acids is 2. The number of anilines is 2. The Labute approximate surface area is 126 Å². The van der Waals surface area contributed by atoms with Crippen LogP contribution in [0.2, 0.25) is 5.02 Å². The van der Waals surface area contributed by atoms with E-state index in [4.69, 9.17) is 22.1 Å². The molecular weight excluding hydrogens is 292 g/mol. The maximum Gasteiger partial charge on any atom is 0.338 e. The Bertz CT molecular complexity index is 659. The van der Waals surface area contributed by atoms with E-state index in [-0.39, 0.29) is 17.9 Å². The molecule has 108 valence electrons. The maximum absolute atomic E-state index is 11.8. The highest BCUT2D eigenvalue weighted by Gasteiger charge is 2.11. The van der Waals surface area contributed by atoms with Gasteiger partial charge in [0.05, 0.1) is 16.3 Å². The van der Waals surface area contributed by atoms with Gasteiger partial charge in [-0.05, 0) is 30.3 Å². The van der Waals surface area contributed by atoms with Crippen molar-refractivity contribution in [1.82, 2.24) is 0 Å². The van der Waals surface area contributed by atoms with Gasteiger partial charge in [0, 0.05) is 5.69 Å². The summed E-state index contributed by atoms with van der Waals surface area (Å²) in [5.41, 5.74) is 6.75. The van der Waals surface area contributed by atoms with Crippen molar-refractivity contribution >= 4 is 34.9 Å². The molecule has 0 heterocycles. The highest BCUT2D eigenvalue weighted by Crippen LogP contribution is 2.19. The van der Waals surface area contributed by atoms with Crippen LogP contribution in [0.15, 0.2) is 48.5 Å². The van der Waals surface area contributed by atoms with E-state index in [9.17, 15) is 9.59 Å². The van der Waals surface area contributed by atoms with Crippen molar-refractivity contribution in [2.45, 2.75) is 0 Å². The van der Waals surface area contributed by atoms with E-state index in [2.05, 4.69) is 5.32 Å². The van der Waals surface area contributed by atoms with Crippen LogP contribution in [0.3, 0.4) is 0 Å². The molecule has 2 aromatic carbocycles. The van der Waals surface area contributed by atoms with E-state index in [1.54, 1.807) is 24.3 Å². The molecule has 0 fully saturated rings. The minimum Gasteiger partial charge on any atom is -0.452 e. The third-order valence-electron chi connectivity index (χ3n) is 2.62. The molecule has 0 atom stereocenters. The third-order valence-corrected chi connectivity index (χ3v) is 2.97. The van der Waals surface area contributed by atoms with Crippen LogP contribution in [0, 0.1) is 0 Å². The first-order chi connectivity index (χ1) is 10.1. The van der Waals surface area contributed by atoms with Gasteiger partial charge in [0.2, 0.25) is 0 Å². The fraction of sp³-hybridized carbons (Fsp3) is 0.0667. The second kappa shape index (κ2) is 6.76. The summed E-state index contributed by atoms with van der Waals surface area (Å²) < 4.78 is 4.91. The fourth-order valence-electron chi connectivity index (χ4n) is 1.60. The van der Waals surface area contributed by atoms with Crippen LogP contribution in [0.5, 0.6) is 0 Å². The minimum absolute atomic E-state index is 0.240. The summed E-state index contributed by atoms with van der Waals surface area (Å²) in [5.74, 6) is -1.06. The molecule has 0 saturated carbocycles. The first-order valence-corrected chi connectivity index (χ1v) is 6.51. The minimum atomic E-state index is -0.637. The average molecular weight is 305 g/mol. The highest BCUT2D eigenvalue weighted by atomic mass is 35.5. The number of halogens is 1. The highest BCUT2D eigenvalue weighted by molar-refractivity contribution is 6.33. The van der Waals surface area contributed by atoms with Gasteiger partial charge >= 0.3 is 5.97 Å². The lowest BCUT2D eigenvalue weighted by Gasteiger charge is -2.07. The summed E-state index contributed by atoms with van der Waals surface area (Å²) in [6.07, 6.45) is 0. The van der Waals surface area contributed by atoms with Crippen LogP contribution in [-0.4, -0.2) is 18.5 Å². The molecule has 3 N–H and O–H groups in total. The van der Waals surface area contributed by atoms with Gasteiger partial charge in [0.25, 0.3) is 5.91 Å². The second-order valence-electron chi connectivity index (χ2n) is 4.23. The maximum atomic E-state index is 11.8. The van der Waals surface area contributed by atoms with Crippen molar-refractivity contribution in [3.63, 3.8) is 0 Å². The van der Waals surface area contributed by atoms with E-state index in [1.165, 1.54) is 18.2 Å². The van der Waals surface area contributed by atoms with Gasteiger partial charge in [0.1, 0.15) is 0 Å². The monoisotopic (exact) mass is 304 g/mol. The Morgan fingerprint density at radius 3 is 2.52 bits per heavy atom. The molecule has 0 saturated heterocycles. The summed E-state index contributed by atoms with van der Waals surface area (Å²) in [4.78, 5) is 23.4. The van der Waals surface area contributed by atoms with Gasteiger partial charge in [0.15, 0.2) is 6.61 Å². The van der Waals surface area contributed by atoms with Gasteiger partial charge in [-0.1, -0.05) is 29.8 Å². The van der Waals surface area contributed by atoms with Crippen LogP contribution in [0.1, 0.15) is 10.4 Å². The second-order valence-corrected chi connectivity index (χ2v) is 4.63. The number of nitrogens with two attached hydrogens (primary N) is 1. The number of nitrogens with one attached hydrogen (secondary N) is 1. The molecule has 0 unspecified atom stereocenters. The lowest BCUT2D eigenvalue weighted by Crippen LogP contribution is -2.20. The largest absolute Gasteiger partial charge is 0.452 e. The molecule has 2 aromatic rings. The first kappa shape index (κ1) is 14.9. The van der Waals surface area contributed by atoms with E-state index in [0.29, 0.717) is 10.7 Å². The predicted octanol–water partition coefficient (Wildman–Crippen LogP) is 2.72. The molecule has 0 bridgehead atoms. The summed E-state index contributed by atoms with van der Waals surface area (Å²) in [6.45, 7) is -0.379. The molecule has 2 rings (SSSR count). The van der Waals surface area contributed by atoms with Crippen LogP contribution in [-0.2, 0) is 9.53 Å². The van der Waals surface area contributed by atoms with Gasteiger partial charge in [-0.25, -0.2) is 4.79 Å². The average Bonchev–Trinajstić information content (AvgIpc) is 2.48. The number of esters is 1. The molecule has 21 heavy (non-hydrogen) atoms. The first-order valence-electron chi connectivity index (χ1n) is 6.13. The van der Waals surface area contributed by atoms with Crippen LogP contribution in [0.25, 0.3) is 0 Å². The van der Waals surface area contributed by atoms with Crippen molar-refractivity contribution < 1.29 is 14.3 Å². The van der Waals surface area contributed by atoms with Gasteiger partial charge in [-0.15, -0.1) is 0 Å². The van der Waals surface area contributed by atoms with E-state index in [0.717, 1.165) is 0 Å². The predicted molar refractivity (Wildman–Crippen MR) is 81.2 cm³/mol. The molecule has 0 aliphatic carbocycles. The summed E-state index contributed by atoms with van der Waals surface area (Å²) in [5, 5.41) is 2.96. The number of para-hydroxylation sites is 1. The van der Waals surface area contributed by atoms with Crippen molar-refractivity contribution in [3.05, 3.63) is 59.1 Å². The quantitative estimate of drug-likeness (QED) is 0.672. The van der Waals surface area contributed by atoms with Gasteiger partial charge < -0.3 is 15.8 Å². The number of ether oxygens (including phenoxy) is 1. The topological polar surface area (TPSA) is 81.4 Å². The number of rotatable bonds is 4. The zero-order valence-electron chi connectivity index (χ0n) is 11.0. The van der Waals surface area contributed by atoms with Crippen molar-refractivity contribution in [3.8, 4) is 0 Å². The SMILES string of the molecule is Nc1cc(C(=O)OCC(=O)Nc2ccccc2)ccc1Cl. The molecule has 0 radical (unpaired) electrons. The number of amides is 1. The van der Waals surface area contributed by atoms with E-state index < -0.39 is 11.9 Å². The molecule has 0 aromatic heterocycles. The molecule has 0 spiro atoms. The molecular formula is C15H13ClN2O3. The van der Waals surface area contributed by atoms with Crippen LogP contribution >= 0.6 is 11.6 Å². The Morgan fingerprint density at radius 2 is 1.86 bits per heavy atom. The normalized spacial score (nSPS) is 9.95. The van der Waals surface area contributed by atoms with Crippen molar-refractivity contribution in [2.75, 3.05) is 17.7 Å². The van der Waals surface area contributed by atoms with Crippen LogP contribution < -0.4 is 11.1 Å². The number of hydrogen-bond donors (Lipinski definition) is 2. The molecule has 6 heteroatoms. The lowest BCUT2D eigenvalue weighted by molar-refractivity contribution is -0.119. The number of nitrogen functional groups attached to an aromatic ring is 1. The van der Waals surface area contributed by atoms with Crippen molar-refractivity contribution in [1.29, 1.82) is 0 Å². The fourth-order valence-corrected chi connectivity index (χ4v) is 1.72. The standard InChI is InChI=1S/C15H13ClN2O3/c16-12-7-6-10(8-13(12)17)15(20)21-9-14(19)18-11-4-2-1-3-5-11/h1-8H,9,17H2,(H,18,19). The van der Waals surface area contributed by atoms with Gasteiger partial charge in [-0.2, -0.15) is 0 Å². The molecule has 0 aliphatic rings. The summed E-state index contributed by atoms with van der Waals surface area (Å²) in [6, 6.07) is 13.3. The Hall–Kier alpha value is -2.53. The number of benzene rings is 2. The number of carbonyl (C=O) groups is 2. The van der Waals surface area contributed by atoms with E-state index in [1.807, 2.05) is 6.07 Å². The third kappa shape index (κ3) is 4.22. The molecule has 0 aliphatic heterocycles. The molecule has 5 nitrogen and oxygen atoms in total. The van der Waals surface area contributed by atoms with Crippen molar-refractivity contribution in [2.24, 2.45) is 0 Å². The number of hydrogen-bond acceptors (Lipinski definition) is 4. The summed E-state index contributed by atoms with van der Waals surface area (Å²) >= 11 is 5.76. The molecule has 1 amide bonds. The Morgan fingerprint density at radius 1 is 1.14 bits per heavy atom. The smallest absolute Gasteiger partial charge is 0.338 e. The van der Waals surface area contributed by atoms with Crippen LogP contribution in [0.4, 0.5) is 11.4 Å². The summed E-state index contributed by atoms with van der Waals surface area (Å²) in [7, 11) is 0. The zero-order valence-corrected chi connectivity index (χ0v) is 11.8. The Balaban J connectivity index is 1.89. The van der Waals surface area contributed by atoms with E-state index >= 15 is 0 Å². The Kier molecular flexibility index (Phi) is 4.79. The lowest BCUT2D eigenvalue weighted by atomic mass is 10.2. The zero-order chi connectivity index (χ0) is 15.2.